The fourth-order valence-electron chi connectivity index (χ4n) is 3.49. The second-order valence-electron chi connectivity index (χ2n) is 7.44. The molecule has 0 saturated carbocycles. The molecule has 4 aromatic carbocycles. The standard InChI is InChI=1S/C27H21ClN2OS/c28-22-14-12-19(13-15-22)18-31-25-10-3-1-6-21(25)17-29-23-8-5-7-20(16-23)27-30-24-9-2-4-11-26(24)32-27/h1-16,29H,17-18H2. The molecule has 0 aliphatic carbocycles. The Morgan fingerprint density at radius 2 is 1.66 bits per heavy atom. The normalized spacial score (nSPS) is 10.9. The van der Waals surface area contributed by atoms with Gasteiger partial charge in [0.15, 0.2) is 0 Å². The van der Waals surface area contributed by atoms with Gasteiger partial charge in [-0.15, -0.1) is 11.3 Å². The van der Waals surface area contributed by atoms with Crippen LogP contribution in [0.3, 0.4) is 0 Å². The Labute approximate surface area is 196 Å². The molecule has 158 valence electrons. The molecule has 0 saturated heterocycles. The van der Waals surface area contributed by atoms with Gasteiger partial charge in [-0.05, 0) is 48.0 Å². The van der Waals surface area contributed by atoms with Gasteiger partial charge in [-0.2, -0.15) is 0 Å². The highest BCUT2D eigenvalue weighted by Crippen LogP contribution is 2.31. The molecule has 0 atom stereocenters. The molecule has 0 amide bonds. The maximum absolute atomic E-state index is 6.09. The predicted molar refractivity (Wildman–Crippen MR) is 135 cm³/mol. The molecule has 0 fully saturated rings. The Hall–Kier alpha value is -3.34. The lowest BCUT2D eigenvalue weighted by molar-refractivity contribution is 0.303. The summed E-state index contributed by atoms with van der Waals surface area (Å²) in [6, 6.07) is 32.5. The first kappa shape index (κ1) is 20.6. The summed E-state index contributed by atoms with van der Waals surface area (Å²) in [6.45, 7) is 1.17. The number of nitrogens with zero attached hydrogens (tertiary/aromatic N) is 1. The lowest BCUT2D eigenvalue weighted by atomic mass is 10.1. The van der Waals surface area contributed by atoms with E-state index in [0.29, 0.717) is 13.2 Å². The topological polar surface area (TPSA) is 34.1 Å². The van der Waals surface area contributed by atoms with Gasteiger partial charge in [0, 0.05) is 28.4 Å². The van der Waals surface area contributed by atoms with Crippen LogP contribution in [0, 0.1) is 0 Å². The van der Waals surface area contributed by atoms with Crippen LogP contribution in [0.15, 0.2) is 97.1 Å². The highest BCUT2D eigenvalue weighted by atomic mass is 35.5. The number of rotatable bonds is 7. The molecule has 1 heterocycles. The van der Waals surface area contributed by atoms with Crippen LogP contribution < -0.4 is 10.1 Å². The summed E-state index contributed by atoms with van der Waals surface area (Å²) >= 11 is 7.69. The molecule has 0 bridgehead atoms. The lowest BCUT2D eigenvalue weighted by Gasteiger charge is -2.13. The largest absolute Gasteiger partial charge is 0.489 e. The molecule has 0 aliphatic rings. The van der Waals surface area contributed by atoms with Gasteiger partial charge in [0.2, 0.25) is 0 Å². The van der Waals surface area contributed by atoms with Crippen molar-refractivity contribution in [1.82, 2.24) is 4.98 Å². The highest BCUT2D eigenvalue weighted by Gasteiger charge is 2.08. The van der Waals surface area contributed by atoms with E-state index in [1.807, 2.05) is 48.5 Å². The number of thiazole rings is 1. The quantitative estimate of drug-likeness (QED) is 0.271. The lowest BCUT2D eigenvalue weighted by Crippen LogP contribution is -2.03. The summed E-state index contributed by atoms with van der Waals surface area (Å²) in [5, 5.41) is 5.29. The van der Waals surface area contributed by atoms with E-state index in [9.17, 15) is 0 Å². The van der Waals surface area contributed by atoms with Gasteiger partial charge in [0.25, 0.3) is 0 Å². The third-order valence-corrected chi connectivity index (χ3v) is 6.50. The zero-order valence-electron chi connectivity index (χ0n) is 17.3. The van der Waals surface area contributed by atoms with Crippen LogP contribution in [0.1, 0.15) is 11.1 Å². The van der Waals surface area contributed by atoms with Crippen molar-refractivity contribution in [3.05, 3.63) is 113 Å². The SMILES string of the molecule is Clc1ccc(COc2ccccc2CNc2cccc(-c3nc4ccccc4s3)c2)cc1. The van der Waals surface area contributed by atoms with Crippen LogP contribution >= 0.6 is 22.9 Å². The van der Waals surface area contributed by atoms with E-state index in [1.165, 1.54) is 4.70 Å². The van der Waals surface area contributed by atoms with Crippen LogP contribution in [-0.4, -0.2) is 4.98 Å². The molecule has 3 nitrogen and oxygen atoms in total. The zero-order valence-corrected chi connectivity index (χ0v) is 18.9. The first-order chi connectivity index (χ1) is 15.7. The second-order valence-corrected chi connectivity index (χ2v) is 8.91. The number of anilines is 1. The van der Waals surface area contributed by atoms with Crippen molar-refractivity contribution in [3.63, 3.8) is 0 Å². The van der Waals surface area contributed by atoms with E-state index in [2.05, 4.69) is 53.8 Å². The maximum Gasteiger partial charge on any atom is 0.124 e. The highest BCUT2D eigenvalue weighted by molar-refractivity contribution is 7.21. The first-order valence-electron chi connectivity index (χ1n) is 10.4. The molecule has 0 spiro atoms. The van der Waals surface area contributed by atoms with Crippen molar-refractivity contribution in [2.45, 2.75) is 13.2 Å². The number of fused-ring (bicyclic) bond motifs is 1. The second kappa shape index (κ2) is 9.43. The zero-order chi connectivity index (χ0) is 21.8. The number of hydrogen-bond acceptors (Lipinski definition) is 4. The minimum Gasteiger partial charge on any atom is -0.489 e. The summed E-state index contributed by atoms with van der Waals surface area (Å²) in [5.41, 5.74) is 5.39. The van der Waals surface area contributed by atoms with Gasteiger partial charge in [-0.1, -0.05) is 66.2 Å². The van der Waals surface area contributed by atoms with E-state index in [-0.39, 0.29) is 0 Å². The Balaban J connectivity index is 1.29. The molecule has 1 aromatic heterocycles. The third kappa shape index (κ3) is 4.77. The Morgan fingerprint density at radius 3 is 2.53 bits per heavy atom. The van der Waals surface area contributed by atoms with E-state index in [1.54, 1.807) is 11.3 Å². The summed E-state index contributed by atoms with van der Waals surface area (Å²) in [4.78, 5) is 4.78. The van der Waals surface area contributed by atoms with E-state index in [4.69, 9.17) is 21.3 Å². The van der Waals surface area contributed by atoms with Crippen LogP contribution in [0.4, 0.5) is 5.69 Å². The number of halogens is 1. The summed E-state index contributed by atoms with van der Waals surface area (Å²) in [6.07, 6.45) is 0. The van der Waals surface area contributed by atoms with Crippen LogP contribution in [0.5, 0.6) is 5.75 Å². The van der Waals surface area contributed by atoms with E-state index < -0.39 is 0 Å². The predicted octanol–water partition coefficient (Wildman–Crippen LogP) is 7.81. The minimum absolute atomic E-state index is 0.501. The number of aromatic nitrogens is 1. The van der Waals surface area contributed by atoms with Crippen LogP contribution in [-0.2, 0) is 13.2 Å². The van der Waals surface area contributed by atoms with Gasteiger partial charge in [0.05, 0.1) is 10.2 Å². The fourth-order valence-corrected chi connectivity index (χ4v) is 4.58. The fraction of sp³-hybridized carbons (Fsp3) is 0.0741. The molecular weight excluding hydrogens is 436 g/mol. The Morgan fingerprint density at radius 1 is 0.844 bits per heavy atom. The van der Waals surface area contributed by atoms with Crippen molar-refractivity contribution in [1.29, 1.82) is 0 Å². The van der Waals surface area contributed by atoms with Gasteiger partial charge < -0.3 is 10.1 Å². The van der Waals surface area contributed by atoms with Crippen molar-refractivity contribution in [3.8, 4) is 16.3 Å². The van der Waals surface area contributed by atoms with Crippen molar-refractivity contribution in [2.24, 2.45) is 0 Å². The van der Waals surface area contributed by atoms with Gasteiger partial charge in [0.1, 0.15) is 17.4 Å². The number of nitrogens with one attached hydrogen (secondary N) is 1. The minimum atomic E-state index is 0.501. The van der Waals surface area contributed by atoms with Crippen molar-refractivity contribution >= 4 is 38.8 Å². The number of ether oxygens (including phenoxy) is 1. The monoisotopic (exact) mass is 456 g/mol. The molecule has 1 N–H and O–H groups in total. The number of hydrogen-bond donors (Lipinski definition) is 1. The van der Waals surface area contributed by atoms with Gasteiger partial charge >= 0.3 is 0 Å². The van der Waals surface area contributed by atoms with Crippen LogP contribution in [0.2, 0.25) is 5.02 Å². The summed E-state index contributed by atoms with van der Waals surface area (Å²) in [5.74, 6) is 0.872. The number of benzene rings is 4. The van der Waals surface area contributed by atoms with Crippen molar-refractivity contribution < 1.29 is 4.74 Å². The van der Waals surface area contributed by atoms with E-state index in [0.717, 1.165) is 43.7 Å². The smallest absolute Gasteiger partial charge is 0.124 e. The molecule has 5 rings (SSSR count). The van der Waals surface area contributed by atoms with Crippen LogP contribution in [0.25, 0.3) is 20.8 Å². The summed E-state index contributed by atoms with van der Waals surface area (Å²) < 4.78 is 7.29. The molecule has 32 heavy (non-hydrogen) atoms. The average Bonchev–Trinajstić information content (AvgIpc) is 3.28. The Kier molecular flexibility index (Phi) is 6.06. The third-order valence-electron chi connectivity index (χ3n) is 5.17. The van der Waals surface area contributed by atoms with Gasteiger partial charge in [-0.25, -0.2) is 4.98 Å². The average molecular weight is 457 g/mol. The molecule has 5 aromatic rings. The first-order valence-corrected chi connectivity index (χ1v) is 11.6. The van der Waals surface area contributed by atoms with E-state index >= 15 is 0 Å². The molecular formula is C27H21ClN2OS. The maximum atomic E-state index is 6.09. The molecule has 0 unspecified atom stereocenters. The van der Waals surface area contributed by atoms with Gasteiger partial charge in [-0.3, -0.25) is 0 Å². The number of para-hydroxylation sites is 2. The molecule has 0 aliphatic heterocycles. The molecule has 5 heteroatoms. The summed E-state index contributed by atoms with van der Waals surface area (Å²) in [7, 11) is 0. The Bertz CT molecular complexity index is 1310. The van der Waals surface area contributed by atoms with Crippen molar-refractivity contribution in [2.75, 3.05) is 5.32 Å². The molecule has 0 radical (unpaired) electrons.